The molecule has 0 unspecified atom stereocenters. The lowest BCUT2D eigenvalue weighted by Gasteiger charge is -2.20. The lowest BCUT2D eigenvalue weighted by molar-refractivity contribution is 0.540. The minimum absolute atomic E-state index is 0. The van der Waals surface area contributed by atoms with Crippen LogP contribution in [0.25, 0.3) is 0 Å². The lowest BCUT2D eigenvalue weighted by atomic mass is 9.88. The van der Waals surface area contributed by atoms with E-state index in [1.165, 1.54) is 16.7 Å². The fourth-order valence-corrected chi connectivity index (χ4v) is 3.20. The zero-order valence-corrected chi connectivity index (χ0v) is 15.5. The molecule has 130 valence electrons. The molecule has 1 atom stereocenters. The molecule has 25 heavy (non-hydrogen) atoms. The minimum atomic E-state index is 0. The van der Waals surface area contributed by atoms with Crippen molar-refractivity contribution >= 4 is 12.4 Å². The van der Waals surface area contributed by atoms with E-state index < -0.39 is 0 Å². The van der Waals surface area contributed by atoms with E-state index in [1.54, 1.807) is 0 Å². The largest absolute Gasteiger partial charge is 0.310 e. The quantitative estimate of drug-likeness (QED) is 0.552. The van der Waals surface area contributed by atoms with E-state index in [4.69, 9.17) is 0 Å². The van der Waals surface area contributed by atoms with Gasteiger partial charge in [-0.05, 0) is 36.6 Å². The first kappa shape index (κ1) is 19.2. The molecule has 0 aliphatic rings. The number of hydrogen-bond acceptors (Lipinski definition) is 1. The Morgan fingerprint density at radius 1 is 0.640 bits per heavy atom. The molecule has 1 nitrogen and oxygen atoms in total. The first-order valence-electron chi connectivity index (χ1n) is 8.73. The van der Waals surface area contributed by atoms with E-state index in [2.05, 4.69) is 103 Å². The highest BCUT2D eigenvalue weighted by molar-refractivity contribution is 5.85. The van der Waals surface area contributed by atoms with Crippen molar-refractivity contribution in [2.45, 2.75) is 25.3 Å². The molecule has 0 aliphatic heterocycles. The lowest BCUT2D eigenvalue weighted by Crippen LogP contribution is -2.21. The average molecular weight is 352 g/mol. The molecule has 3 aromatic carbocycles. The van der Waals surface area contributed by atoms with Crippen LogP contribution in [0.1, 0.15) is 42.0 Å². The van der Waals surface area contributed by atoms with E-state index in [9.17, 15) is 0 Å². The maximum Gasteiger partial charge on any atom is 0.0291 e. The number of rotatable bonds is 7. The summed E-state index contributed by atoms with van der Waals surface area (Å²) in [6.07, 6.45) is 1.09. The molecule has 0 aromatic heterocycles. The Balaban J connectivity index is 0.00000225. The fraction of sp³-hybridized carbons (Fsp3) is 0.217. The summed E-state index contributed by atoms with van der Waals surface area (Å²) >= 11 is 0. The zero-order valence-electron chi connectivity index (χ0n) is 14.6. The summed E-state index contributed by atoms with van der Waals surface area (Å²) in [5.74, 6) is 0.433. The summed E-state index contributed by atoms with van der Waals surface area (Å²) in [5, 5.41) is 3.67. The smallest absolute Gasteiger partial charge is 0.0291 e. The van der Waals surface area contributed by atoms with Crippen molar-refractivity contribution in [3.8, 4) is 0 Å². The normalized spacial score (nSPS) is 11.8. The van der Waals surface area contributed by atoms with Gasteiger partial charge in [-0.3, -0.25) is 0 Å². The zero-order chi connectivity index (χ0) is 16.6. The molecule has 2 heteroatoms. The van der Waals surface area contributed by atoms with Gasteiger partial charge in [0.05, 0.1) is 0 Å². The monoisotopic (exact) mass is 351 g/mol. The molecule has 3 rings (SSSR count). The number of halogens is 1. The first-order valence-corrected chi connectivity index (χ1v) is 8.73. The SMILES string of the molecule is C[C@H](NCCC(c1ccccc1)c1ccccc1)c1ccccc1.Cl. The molecule has 0 amide bonds. The third-order valence-corrected chi connectivity index (χ3v) is 4.59. The van der Waals surface area contributed by atoms with Crippen LogP contribution in [-0.2, 0) is 0 Å². The van der Waals surface area contributed by atoms with Crippen LogP contribution in [0.15, 0.2) is 91.0 Å². The number of benzene rings is 3. The standard InChI is InChI=1S/C23H25N.ClH/c1-19(20-11-5-2-6-12-20)24-18-17-23(21-13-7-3-8-14-21)22-15-9-4-10-16-22;/h2-16,19,23-24H,17-18H2,1H3;1H/t19-;/m0./s1. The highest BCUT2D eigenvalue weighted by Crippen LogP contribution is 2.27. The Labute approximate surface area is 157 Å². The van der Waals surface area contributed by atoms with Crippen LogP contribution < -0.4 is 5.32 Å². The van der Waals surface area contributed by atoms with Crippen LogP contribution in [0.4, 0.5) is 0 Å². The Morgan fingerprint density at radius 2 is 1.04 bits per heavy atom. The third-order valence-electron chi connectivity index (χ3n) is 4.59. The van der Waals surface area contributed by atoms with Gasteiger partial charge in [-0.1, -0.05) is 91.0 Å². The van der Waals surface area contributed by atoms with Gasteiger partial charge in [-0.2, -0.15) is 0 Å². The summed E-state index contributed by atoms with van der Waals surface area (Å²) in [7, 11) is 0. The van der Waals surface area contributed by atoms with Crippen LogP contribution in [0.5, 0.6) is 0 Å². The van der Waals surface area contributed by atoms with Gasteiger partial charge in [-0.25, -0.2) is 0 Å². The fourth-order valence-electron chi connectivity index (χ4n) is 3.20. The number of nitrogens with one attached hydrogen (secondary N) is 1. The maximum absolute atomic E-state index is 3.67. The Bertz CT molecular complexity index is 673. The van der Waals surface area contributed by atoms with Gasteiger partial charge in [-0.15, -0.1) is 12.4 Å². The molecule has 0 heterocycles. The Morgan fingerprint density at radius 3 is 1.48 bits per heavy atom. The summed E-state index contributed by atoms with van der Waals surface area (Å²) < 4.78 is 0. The second kappa shape index (κ2) is 10.0. The predicted molar refractivity (Wildman–Crippen MR) is 109 cm³/mol. The van der Waals surface area contributed by atoms with Gasteiger partial charge < -0.3 is 5.32 Å². The second-order valence-electron chi connectivity index (χ2n) is 6.25. The molecule has 3 aromatic rings. The summed E-state index contributed by atoms with van der Waals surface area (Å²) in [6.45, 7) is 3.22. The van der Waals surface area contributed by atoms with Gasteiger partial charge in [0, 0.05) is 12.0 Å². The van der Waals surface area contributed by atoms with Gasteiger partial charge in [0.25, 0.3) is 0 Å². The second-order valence-corrected chi connectivity index (χ2v) is 6.25. The average Bonchev–Trinajstić information content (AvgIpc) is 2.67. The van der Waals surface area contributed by atoms with Crippen molar-refractivity contribution in [3.05, 3.63) is 108 Å². The van der Waals surface area contributed by atoms with Crippen molar-refractivity contribution < 1.29 is 0 Å². The summed E-state index contributed by atoms with van der Waals surface area (Å²) in [6, 6.07) is 32.6. The van der Waals surface area contributed by atoms with E-state index in [-0.39, 0.29) is 12.4 Å². The van der Waals surface area contributed by atoms with Gasteiger partial charge in [0.15, 0.2) is 0 Å². The number of hydrogen-bond donors (Lipinski definition) is 1. The Kier molecular flexibility index (Phi) is 7.72. The summed E-state index contributed by atoms with van der Waals surface area (Å²) in [4.78, 5) is 0. The molecule has 0 radical (unpaired) electrons. The van der Waals surface area contributed by atoms with Gasteiger partial charge in [0.2, 0.25) is 0 Å². The minimum Gasteiger partial charge on any atom is -0.310 e. The van der Waals surface area contributed by atoms with Gasteiger partial charge >= 0.3 is 0 Å². The topological polar surface area (TPSA) is 12.0 Å². The maximum atomic E-state index is 3.67. The molecular weight excluding hydrogens is 326 g/mol. The third kappa shape index (κ3) is 5.45. The van der Waals surface area contributed by atoms with E-state index >= 15 is 0 Å². The van der Waals surface area contributed by atoms with E-state index in [0.717, 1.165) is 13.0 Å². The van der Waals surface area contributed by atoms with Crippen molar-refractivity contribution in [3.63, 3.8) is 0 Å². The molecule has 0 bridgehead atoms. The highest BCUT2D eigenvalue weighted by Gasteiger charge is 2.14. The van der Waals surface area contributed by atoms with Crippen LogP contribution in [0.3, 0.4) is 0 Å². The van der Waals surface area contributed by atoms with Crippen LogP contribution >= 0.6 is 12.4 Å². The highest BCUT2D eigenvalue weighted by atomic mass is 35.5. The molecule has 1 N–H and O–H groups in total. The van der Waals surface area contributed by atoms with Crippen LogP contribution in [0.2, 0.25) is 0 Å². The van der Waals surface area contributed by atoms with E-state index in [0.29, 0.717) is 12.0 Å². The molecule has 0 spiro atoms. The predicted octanol–water partition coefficient (Wildman–Crippen LogP) is 5.98. The van der Waals surface area contributed by atoms with Crippen LogP contribution in [0, 0.1) is 0 Å². The van der Waals surface area contributed by atoms with Crippen molar-refractivity contribution in [1.29, 1.82) is 0 Å². The molecule has 0 fully saturated rings. The summed E-state index contributed by atoms with van der Waals surface area (Å²) in [5.41, 5.74) is 4.12. The van der Waals surface area contributed by atoms with Crippen molar-refractivity contribution in [2.24, 2.45) is 0 Å². The van der Waals surface area contributed by atoms with E-state index in [1.807, 2.05) is 0 Å². The Hall–Kier alpha value is -2.09. The molecular formula is C23H26ClN. The molecule has 0 aliphatic carbocycles. The molecule has 0 saturated carbocycles. The van der Waals surface area contributed by atoms with Crippen molar-refractivity contribution in [2.75, 3.05) is 6.54 Å². The first-order chi connectivity index (χ1) is 11.8. The molecule has 0 saturated heterocycles. The van der Waals surface area contributed by atoms with Crippen LogP contribution in [-0.4, -0.2) is 6.54 Å². The van der Waals surface area contributed by atoms with Crippen molar-refractivity contribution in [1.82, 2.24) is 5.32 Å². The van der Waals surface area contributed by atoms with Gasteiger partial charge in [0.1, 0.15) is 0 Å².